The Labute approximate surface area is 108 Å². The second-order valence-corrected chi connectivity index (χ2v) is 5.73. The van der Waals surface area contributed by atoms with E-state index < -0.39 is 43.7 Å². The molecule has 0 aliphatic heterocycles. The Hall–Kier alpha value is -2.01. The van der Waals surface area contributed by atoms with Crippen LogP contribution in [0.1, 0.15) is 23.2 Å². The molecule has 0 atom stereocenters. The Bertz CT molecular complexity index is 649. The molecule has 1 N–H and O–H groups in total. The van der Waals surface area contributed by atoms with E-state index in [0.29, 0.717) is 12.1 Å². The van der Waals surface area contributed by atoms with Gasteiger partial charge in [-0.25, -0.2) is 22.0 Å². The first-order valence-electron chi connectivity index (χ1n) is 5.11. The highest BCUT2D eigenvalue weighted by Crippen LogP contribution is 2.22. The lowest BCUT2D eigenvalue weighted by Crippen LogP contribution is -2.12. The summed E-state index contributed by atoms with van der Waals surface area (Å²) in [4.78, 5) is 9.68. The molecule has 0 spiro atoms. The third-order valence-corrected chi connectivity index (χ3v) is 4.07. The number of carbonyl (C=O) groups is 1. The van der Waals surface area contributed by atoms with Crippen LogP contribution in [-0.4, -0.2) is 25.2 Å². The largest absolute Gasteiger partial charge is 0.478 e. The number of carboxylic acid groups (broad SMARTS) is 1. The summed E-state index contributed by atoms with van der Waals surface area (Å²) in [7, 11) is -4.17. The zero-order chi connectivity index (χ0) is 14.6. The number of rotatable bonds is 5. The summed E-state index contributed by atoms with van der Waals surface area (Å²) in [6, 6.07) is 2.70. The van der Waals surface area contributed by atoms with Crippen molar-refractivity contribution in [3.05, 3.63) is 29.3 Å². The van der Waals surface area contributed by atoms with Crippen molar-refractivity contribution in [2.75, 3.05) is 5.75 Å². The zero-order valence-electron chi connectivity index (χ0n) is 9.56. The van der Waals surface area contributed by atoms with Crippen molar-refractivity contribution >= 4 is 15.8 Å². The molecule has 0 saturated carbocycles. The number of nitriles is 1. The second-order valence-electron chi connectivity index (χ2n) is 3.66. The number of hydrogen-bond acceptors (Lipinski definition) is 4. The molecule has 0 fully saturated rings. The van der Waals surface area contributed by atoms with Crippen LogP contribution in [0.5, 0.6) is 0 Å². The summed E-state index contributed by atoms with van der Waals surface area (Å²) >= 11 is 0. The monoisotopic (exact) mass is 289 g/mol. The molecule has 0 heterocycles. The summed E-state index contributed by atoms with van der Waals surface area (Å²) < 4.78 is 50.1. The number of aromatic carboxylic acids is 1. The number of nitrogens with zero attached hydrogens (tertiary/aromatic N) is 1. The molecule has 8 heteroatoms. The van der Waals surface area contributed by atoms with E-state index in [0.717, 1.165) is 0 Å². The van der Waals surface area contributed by atoms with Gasteiger partial charge in [0.15, 0.2) is 21.5 Å². The highest BCUT2D eigenvalue weighted by atomic mass is 32.2. The number of hydrogen-bond donors (Lipinski definition) is 1. The van der Waals surface area contributed by atoms with Crippen LogP contribution in [0.4, 0.5) is 8.78 Å². The van der Waals surface area contributed by atoms with Gasteiger partial charge in [-0.1, -0.05) is 0 Å². The van der Waals surface area contributed by atoms with Gasteiger partial charge >= 0.3 is 5.97 Å². The quantitative estimate of drug-likeness (QED) is 0.833. The van der Waals surface area contributed by atoms with Crippen LogP contribution in [0.15, 0.2) is 17.0 Å². The fourth-order valence-corrected chi connectivity index (χ4v) is 2.79. The van der Waals surface area contributed by atoms with Crippen LogP contribution in [-0.2, 0) is 9.84 Å². The maximum Gasteiger partial charge on any atom is 0.335 e. The molecule has 0 unspecified atom stereocenters. The molecule has 0 saturated heterocycles. The molecule has 1 aromatic carbocycles. The highest BCUT2D eigenvalue weighted by molar-refractivity contribution is 7.91. The van der Waals surface area contributed by atoms with Gasteiger partial charge in [0.1, 0.15) is 4.90 Å². The third kappa shape index (κ3) is 3.48. The van der Waals surface area contributed by atoms with Gasteiger partial charge in [-0.3, -0.25) is 0 Å². The van der Waals surface area contributed by atoms with Crippen molar-refractivity contribution in [1.82, 2.24) is 0 Å². The van der Waals surface area contributed by atoms with Gasteiger partial charge in [-0.2, -0.15) is 5.26 Å². The van der Waals surface area contributed by atoms with Crippen LogP contribution >= 0.6 is 0 Å². The number of sulfone groups is 1. The van der Waals surface area contributed by atoms with Gasteiger partial charge in [-0.15, -0.1) is 0 Å². The number of unbranched alkanes of at least 4 members (excludes halogenated alkanes) is 1. The maximum absolute atomic E-state index is 13.4. The first kappa shape index (κ1) is 15.0. The predicted molar refractivity (Wildman–Crippen MR) is 60.2 cm³/mol. The van der Waals surface area contributed by atoms with E-state index in [4.69, 9.17) is 10.4 Å². The number of halogens is 2. The molecule has 1 rings (SSSR count). The van der Waals surface area contributed by atoms with Gasteiger partial charge in [0.25, 0.3) is 0 Å². The minimum absolute atomic E-state index is 0.0445. The number of carboxylic acids is 1. The van der Waals surface area contributed by atoms with Crippen LogP contribution in [0, 0.1) is 23.0 Å². The van der Waals surface area contributed by atoms with E-state index >= 15 is 0 Å². The highest BCUT2D eigenvalue weighted by Gasteiger charge is 2.24. The van der Waals surface area contributed by atoms with Crippen LogP contribution < -0.4 is 0 Å². The van der Waals surface area contributed by atoms with Crippen LogP contribution in [0.3, 0.4) is 0 Å². The van der Waals surface area contributed by atoms with Gasteiger partial charge in [0.2, 0.25) is 0 Å². The molecule has 0 radical (unpaired) electrons. The molecule has 102 valence electrons. The molecular formula is C11H9F2NO4S. The van der Waals surface area contributed by atoms with E-state index in [1.165, 1.54) is 0 Å². The average molecular weight is 289 g/mol. The molecule has 0 aromatic heterocycles. The van der Waals surface area contributed by atoms with Gasteiger partial charge < -0.3 is 5.11 Å². The second kappa shape index (κ2) is 5.75. The van der Waals surface area contributed by atoms with E-state index in [1.807, 2.05) is 0 Å². The molecule has 0 aliphatic rings. The molecule has 5 nitrogen and oxygen atoms in total. The summed E-state index contributed by atoms with van der Waals surface area (Å²) in [5.74, 6) is -5.27. The smallest absolute Gasteiger partial charge is 0.335 e. The fraction of sp³-hybridized carbons (Fsp3) is 0.273. The Balaban J connectivity index is 3.26. The molecule has 19 heavy (non-hydrogen) atoms. The molecule has 1 aromatic rings. The Morgan fingerprint density at radius 2 is 2.00 bits per heavy atom. The summed E-state index contributed by atoms with van der Waals surface area (Å²) in [5, 5.41) is 17.0. The molecule has 0 aliphatic carbocycles. The first-order valence-corrected chi connectivity index (χ1v) is 6.77. The minimum atomic E-state index is -4.17. The average Bonchev–Trinajstić information content (AvgIpc) is 2.32. The van der Waals surface area contributed by atoms with Crippen molar-refractivity contribution in [1.29, 1.82) is 5.26 Å². The van der Waals surface area contributed by atoms with Gasteiger partial charge in [-0.05, 0) is 18.6 Å². The summed E-state index contributed by atoms with van der Waals surface area (Å²) in [6.45, 7) is 0. The Kier molecular flexibility index (Phi) is 4.56. The molecule has 0 amide bonds. The summed E-state index contributed by atoms with van der Waals surface area (Å²) in [6.07, 6.45) is -0.0981. The minimum Gasteiger partial charge on any atom is -0.478 e. The summed E-state index contributed by atoms with van der Waals surface area (Å²) in [5.41, 5.74) is -0.655. The van der Waals surface area contributed by atoms with Gasteiger partial charge in [0, 0.05) is 6.42 Å². The predicted octanol–water partition coefficient (Wildman–Crippen LogP) is 1.74. The number of benzene rings is 1. The van der Waals surface area contributed by atoms with Gasteiger partial charge in [0.05, 0.1) is 17.4 Å². The first-order chi connectivity index (χ1) is 8.79. The van der Waals surface area contributed by atoms with Crippen LogP contribution in [0.25, 0.3) is 0 Å². The third-order valence-electron chi connectivity index (χ3n) is 2.28. The van der Waals surface area contributed by atoms with Crippen molar-refractivity contribution in [3.63, 3.8) is 0 Å². The van der Waals surface area contributed by atoms with Crippen molar-refractivity contribution in [3.8, 4) is 6.07 Å². The van der Waals surface area contributed by atoms with Crippen molar-refractivity contribution < 1.29 is 27.1 Å². The van der Waals surface area contributed by atoms with E-state index in [9.17, 15) is 22.0 Å². The van der Waals surface area contributed by atoms with Crippen molar-refractivity contribution in [2.45, 2.75) is 17.7 Å². The van der Waals surface area contributed by atoms with Crippen molar-refractivity contribution in [2.24, 2.45) is 0 Å². The molecule has 0 bridgehead atoms. The topological polar surface area (TPSA) is 95.2 Å². The Morgan fingerprint density at radius 3 is 2.53 bits per heavy atom. The lowest BCUT2D eigenvalue weighted by Gasteiger charge is -2.06. The zero-order valence-corrected chi connectivity index (χ0v) is 10.4. The maximum atomic E-state index is 13.4. The van der Waals surface area contributed by atoms with E-state index in [-0.39, 0.29) is 12.8 Å². The molecular weight excluding hydrogens is 280 g/mol. The fourth-order valence-electron chi connectivity index (χ4n) is 1.36. The Morgan fingerprint density at radius 1 is 1.37 bits per heavy atom. The van der Waals surface area contributed by atoms with E-state index in [2.05, 4.69) is 0 Å². The SMILES string of the molecule is N#CCCCS(=O)(=O)c1cc(C(=O)O)cc(F)c1F. The lowest BCUT2D eigenvalue weighted by molar-refractivity contribution is 0.0696. The lowest BCUT2D eigenvalue weighted by atomic mass is 10.2. The van der Waals surface area contributed by atoms with Crippen LogP contribution in [0.2, 0.25) is 0 Å². The standard InChI is InChI=1S/C11H9F2NO4S/c12-8-5-7(11(15)16)6-9(10(8)13)19(17,18)4-2-1-3-14/h5-6H,1-2,4H2,(H,15,16). The normalized spacial score (nSPS) is 11.0. The van der Waals surface area contributed by atoms with E-state index in [1.54, 1.807) is 6.07 Å².